The summed E-state index contributed by atoms with van der Waals surface area (Å²) in [5.41, 5.74) is 0.333. The van der Waals surface area contributed by atoms with Crippen LogP contribution in [-0.4, -0.2) is 68.2 Å². The summed E-state index contributed by atoms with van der Waals surface area (Å²) in [5.74, 6) is 0.0646. The summed E-state index contributed by atoms with van der Waals surface area (Å²) in [7, 11) is -3.29. The van der Waals surface area contributed by atoms with Crippen molar-refractivity contribution >= 4 is 27.5 Å². The molecule has 2 fully saturated rings. The van der Waals surface area contributed by atoms with E-state index in [9.17, 15) is 13.2 Å². The average molecular weight is 415 g/mol. The molecule has 8 heteroatoms. The second kappa shape index (κ2) is 8.07. The molecule has 27 heavy (non-hydrogen) atoms. The molecule has 0 aliphatic carbocycles. The highest BCUT2D eigenvalue weighted by atomic mass is 35.5. The fourth-order valence-corrected chi connectivity index (χ4v) is 5.26. The second-order valence-corrected chi connectivity index (χ2v) is 10.4. The Labute approximate surface area is 166 Å². The molecule has 0 saturated carbocycles. The van der Waals surface area contributed by atoms with Gasteiger partial charge in [0.05, 0.1) is 10.7 Å². The summed E-state index contributed by atoms with van der Waals surface area (Å²) in [6.45, 7) is 5.97. The van der Waals surface area contributed by atoms with Crippen LogP contribution in [0.4, 0.5) is 0 Å². The van der Waals surface area contributed by atoms with E-state index in [0.717, 1.165) is 5.56 Å². The number of benzene rings is 1. The number of hydrogen-bond acceptors (Lipinski definition) is 4. The highest BCUT2D eigenvalue weighted by molar-refractivity contribution is 7.89. The minimum absolute atomic E-state index is 0.0646. The van der Waals surface area contributed by atoms with E-state index in [4.69, 9.17) is 16.3 Å². The number of halogens is 1. The third-order valence-electron chi connectivity index (χ3n) is 5.63. The first-order valence-electron chi connectivity index (χ1n) is 9.39. The van der Waals surface area contributed by atoms with E-state index in [1.165, 1.54) is 4.31 Å². The lowest BCUT2D eigenvalue weighted by Gasteiger charge is -2.43. The van der Waals surface area contributed by atoms with Crippen molar-refractivity contribution in [2.24, 2.45) is 0 Å². The Morgan fingerprint density at radius 1 is 1.07 bits per heavy atom. The maximum Gasteiger partial charge on any atom is 0.233 e. The molecule has 0 atom stereocenters. The summed E-state index contributed by atoms with van der Waals surface area (Å²) in [6, 6.07) is 7.47. The van der Waals surface area contributed by atoms with Crippen LogP contribution in [0.1, 0.15) is 32.3 Å². The number of carbonyl (C=O) groups excluding carboxylic acids is 1. The largest absolute Gasteiger partial charge is 0.381 e. The van der Waals surface area contributed by atoms with Gasteiger partial charge in [-0.25, -0.2) is 8.42 Å². The molecule has 0 bridgehead atoms. The summed E-state index contributed by atoms with van der Waals surface area (Å²) < 4.78 is 31.8. The highest BCUT2D eigenvalue weighted by Gasteiger charge is 2.45. The molecule has 2 aliphatic heterocycles. The van der Waals surface area contributed by atoms with Gasteiger partial charge in [0.1, 0.15) is 0 Å². The standard InChI is InChI=1S/C19H27ClN2O4S/c1-15(2)27(24,25)22-11-9-21(10-12-22)18(23)19(7-13-26-14-8-19)16-3-5-17(20)6-4-16/h3-6,15H,7-14H2,1-2H3. The van der Waals surface area contributed by atoms with Crippen molar-refractivity contribution in [1.29, 1.82) is 0 Å². The van der Waals surface area contributed by atoms with Crippen LogP contribution >= 0.6 is 11.6 Å². The molecule has 3 rings (SSSR count). The van der Waals surface area contributed by atoms with Crippen molar-refractivity contribution in [3.05, 3.63) is 34.9 Å². The first-order valence-corrected chi connectivity index (χ1v) is 11.3. The fraction of sp³-hybridized carbons (Fsp3) is 0.632. The molecular weight excluding hydrogens is 388 g/mol. The van der Waals surface area contributed by atoms with Crippen molar-refractivity contribution in [2.45, 2.75) is 37.4 Å². The normalized spacial score (nSPS) is 21.4. The van der Waals surface area contributed by atoms with E-state index in [0.29, 0.717) is 57.3 Å². The van der Waals surface area contributed by atoms with Gasteiger partial charge >= 0.3 is 0 Å². The van der Waals surface area contributed by atoms with E-state index in [1.807, 2.05) is 29.2 Å². The van der Waals surface area contributed by atoms with Gasteiger partial charge in [0, 0.05) is 44.4 Å². The minimum Gasteiger partial charge on any atom is -0.381 e. The summed E-state index contributed by atoms with van der Waals surface area (Å²) >= 11 is 6.03. The smallest absolute Gasteiger partial charge is 0.233 e. The lowest BCUT2D eigenvalue weighted by molar-refractivity contribution is -0.142. The molecule has 150 valence electrons. The zero-order valence-electron chi connectivity index (χ0n) is 15.9. The molecule has 2 saturated heterocycles. The van der Waals surface area contributed by atoms with Crippen LogP contribution in [0, 0.1) is 0 Å². The number of hydrogen-bond donors (Lipinski definition) is 0. The second-order valence-electron chi connectivity index (χ2n) is 7.49. The van der Waals surface area contributed by atoms with Crippen molar-refractivity contribution in [2.75, 3.05) is 39.4 Å². The van der Waals surface area contributed by atoms with Gasteiger partial charge in [-0.15, -0.1) is 0 Å². The van der Waals surface area contributed by atoms with Crippen molar-refractivity contribution in [3.8, 4) is 0 Å². The molecule has 0 aromatic heterocycles. The van der Waals surface area contributed by atoms with Gasteiger partial charge in [0.2, 0.25) is 15.9 Å². The Bertz CT molecular complexity index is 765. The minimum atomic E-state index is -3.29. The Hall–Kier alpha value is -1.15. The first-order chi connectivity index (χ1) is 12.8. The summed E-state index contributed by atoms with van der Waals surface area (Å²) in [6.07, 6.45) is 1.25. The van der Waals surface area contributed by atoms with Crippen LogP contribution in [0.15, 0.2) is 24.3 Å². The fourth-order valence-electron chi connectivity index (χ4n) is 3.86. The molecular formula is C19H27ClN2O4S. The lowest BCUT2D eigenvalue weighted by Crippen LogP contribution is -2.57. The van der Waals surface area contributed by atoms with Crippen LogP contribution in [0.3, 0.4) is 0 Å². The Balaban J connectivity index is 1.79. The van der Waals surface area contributed by atoms with Crippen molar-refractivity contribution in [3.63, 3.8) is 0 Å². The molecule has 2 heterocycles. The zero-order chi connectivity index (χ0) is 19.7. The van der Waals surface area contributed by atoms with Crippen LogP contribution in [0.5, 0.6) is 0 Å². The van der Waals surface area contributed by atoms with Crippen LogP contribution < -0.4 is 0 Å². The Morgan fingerprint density at radius 2 is 1.63 bits per heavy atom. The number of carbonyl (C=O) groups is 1. The molecule has 6 nitrogen and oxygen atoms in total. The summed E-state index contributed by atoms with van der Waals surface area (Å²) in [4.78, 5) is 15.3. The Morgan fingerprint density at radius 3 is 2.15 bits per heavy atom. The van der Waals surface area contributed by atoms with Crippen LogP contribution in [0.25, 0.3) is 0 Å². The van der Waals surface area contributed by atoms with E-state index < -0.39 is 20.7 Å². The molecule has 1 aromatic rings. The highest BCUT2D eigenvalue weighted by Crippen LogP contribution is 2.37. The third-order valence-corrected chi connectivity index (χ3v) is 8.16. The topological polar surface area (TPSA) is 66.9 Å². The van der Waals surface area contributed by atoms with Crippen LogP contribution in [0.2, 0.25) is 5.02 Å². The van der Waals surface area contributed by atoms with E-state index >= 15 is 0 Å². The van der Waals surface area contributed by atoms with E-state index in [2.05, 4.69) is 0 Å². The van der Waals surface area contributed by atoms with Crippen molar-refractivity contribution in [1.82, 2.24) is 9.21 Å². The lowest BCUT2D eigenvalue weighted by atomic mass is 9.73. The van der Waals surface area contributed by atoms with Gasteiger partial charge in [0.25, 0.3) is 0 Å². The van der Waals surface area contributed by atoms with Gasteiger partial charge in [-0.2, -0.15) is 4.31 Å². The average Bonchev–Trinajstić information content (AvgIpc) is 2.68. The maximum absolute atomic E-state index is 13.5. The molecule has 0 spiro atoms. The van der Waals surface area contributed by atoms with Crippen LogP contribution in [-0.2, 0) is 25.0 Å². The number of amides is 1. The first kappa shape index (κ1) is 20.6. The molecule has 0 N–H and O–H groups in total. The summed E-state index contributed by atoms with van der Waals surface area (Å²) in [5, 5.41) is 0.191. The quantitative estimate of drug-likeness (QED) is 0.758. The SMILES string of the molecule is CC(C)S(=O)(=O)N1CCN(C(=O)C2(c3ccc(Cl)cc3)CCOCC2)CC1. The van der Waals surface area contributed by atoms with E-state index in [-0.39, 0.29) is 5.91 Å². The number of rotatable bonds is 4. The third kappa shape index (κ3) is 4.01. The monoisotopic (exact) mass is 414 g/mol. The van der Waals surface area contributed by atoms with Crippen molar-refractivity contribution < 1.29 is 17.9 Å². The number of piperazine rings is 1. The number of nitrogens with zero attached hydrogens (tertiary/aromatic N) is 2. The number of sulfonamides is 1. The Kier molecular flexibility index (Phi) is 6.15. The molecule has 2 aliphatic rings. The number of ether oxygens (including phenoxy) is 1. The molecule has 0 unspecified atom stereocenters. The van der Waals surface area contributed by atoms with Gasteiger partial charge < -0.3 is 9.64 Å². The maximum atomic E-state index is 13.5. The van der Waals surface area contributed by atoms with Gasteiger partial charge in [-0.1, -0.05) is 23.7 Å². The van der Waals surface area contributed by atoms with E-state index in [1.54, 1.807) is 13.8 Å². The predicted octanol–water partition coefficient (Wildman–Crippen LogP) is 2.27. The van der Waals surface area contributed by atoms with Gasteiger partial charge in [-0.05, 0) is 44.4 Å². The molecule has 0 radical (unpaired) electrons. The molecule has 1 aromatic carbocycles. The van der Waals surface area contributed by atoms with Gasteiger partial charge in [0.15, 0.2) is 0 Å². The molecule has 1 amide bonds. The predicted molar refractivity (Wildman–Crippen MR) is 105 cm³/mol. The van der Waals surface area contributed by atoms with Gasteiger partial charge in [-0.3, -0.25) is 4.79 Å². The zero-order valence-corrected chi connectivity index (χ0v) is 17.4.